The number of hydrogen-bond donors (Lipinski definition) is 0. The molecule has 0 bridgehead atoms. The molecule has 1 aliphatic rings. The summed E-state index contributed by atoms with van der Waals surface area (Å²) in [6.07, 6.45) is 4.70. The Morgan fingerprint density at radius 2 is 1.77 bits per heavy atom. The molecule has 8 nitrogen and oxygen atoms in total. The average Bonchev–Trinajstić information content (AvgIpc) is 3.42. The molecular weight excluding hydrogens is 545 g/mol. The summed E-state index contributed by atoms with van der Waals surface area (Å²) in [5.41, 5.74) is 1.34. The molecule has 0 radical (unpaired) electrons. The summed E-state index contributed by atoms with van der Waals surface area (Å²) in [5.74, 6) is 1.40. The molecule has 0 saturated carbocycles. The maximum atomic E-state index is 6.96. The molecule has 3 heterocycles. The summed E-state index contributed by atoms with van der Waals surface area (Å²) in [7, 11) is -4.01. The Balaban J connectivity index is 1.96. The maximum absolute atomic E-state index is 6.96. The molecule has 0 N–H and O–H groups in total. The molecule has 3 atom stereocenters. The van der Waals surface area contributed by atoms with Gasteiger partial charge in [0.1, 0.15) is 18.9 Å². The Morgan fingerprint density at radius 3 is 2.36 bits per heavy atom. The van der Waals surface area contributed by atoms with E-state index in [2.05, 4.69) is 91.2 Å². The van der Waals surface area contributed by atoms with Crippen molar-refractivity contribution in [3.8, 4) is 5.88 Å². The highest BCUT2D eigenvalue weighted by atomic mass is 32.2. The fourth-order valence-corrected chi connectivity index (χ4v) is 6.84. The summed E-state index contributed by atoms with van der Waals surface area (Å²) in [6, 6.07) is 0. The Morgan fingerprint density at radius 1 is 1.10 bits per heavy atom. The van der Waals surface area contributed by atoms with Crippen molar-refractivity contribution < 1.29 is 18.3 Å². The van der Waals surface area contributed by atoms with E-state index in [1.807, 2.05) is 4.57 Å². The third-order valence-electron chi connectivity index (χ3n) is 8.30. The molecule has 220 valence electrons. The molecule has 0 aromatic carbocycles. The quantitative estimate of drug-likeness (QED) is 0.108. The van der Waals surface area contributed by atoms with Crippen LogP contribution in [0.4, 0.5) is 0 Å². The second kappa shape index (κ2) is 12.3. The van der Waals surface area contributed by atoms with Gasteiger partial charge in [-0.3, -0.25) is 4.57 Å². The van der Waals surface area contributed by atoms with Crippen LogP contribution in [-0.2, 0) is 13.6 Å². The van der Waals surface area contributed by atoms with Crippen LogP contribution in [0.15, 0.2) is 24.1 Å². The first-order valence-electron chi connectivity index (χ1n) is 14.1. The van der Waals surface area contributed by atoms with Crippen LogP contribution < -0.4 is 4.74 Å². The molecule has 39 heavy (non-hydrogen) atoms. The Kier molecular flexibility index (Phi) is 10.2. The zero-order valence-electron chi connectivity index (χ0n) is 26.0. The highest BCUT2D eigenvalue weighted by Gasteiger charge is 2.47. The van der Waals surface area contributed by atoms with Crippen molar-refractivity contribution in [3.63, 3.8) is 0 Å². The van der Waals surface area contributed by atoms with E-state index >= 15 is 0 Å². The monoisotopic (exact) mass is 594 g/mol. The number of aromatic nitrogens is 4. The smallest absolute Gasteiger partial charge is 0.246 e. The zero-order valence-corrected chi connectivity index (χ0v) is 28.8. The van der Waals surface area contributed by atoms with E-state index in [1.54, 1.807) is 24.2 Å². The summed E-state index contributed by atoms with van der Waals surface area (Å²) in [6.45, 7) is 29.5. The highest BCUT2D eigenvalue weighted by Crippen LogP contribution is 2.43. The van der Waals surface area contributed by atoms with Gasteiger partial charge in [0.15, 0.2) is 33.0 Å². The standard InChI is InChI=1S/C28H50N4O4SSi2/c1-13-15-33-25-23-24(30-26(31-25)37-16-14-2)32(19-29-23)22-17-20(36-39(11,12)28(6,7)8)21(35-22)18-34-38(9,10)27(3,4)5/h13,19-22H,1,14-18H2,2-12H3/t20-,21+,22+/m0/s1. The molecule has 11 heteroatoms. The first-order chi connectivity index (χ1) is 18.0. The lowest BCUT2D eigenvalue weighted by Crippen LogP contribution is -2.48. The van der Waals surface area contributed by atoms with Gasteiger partial charge in [0.05, 0.1) is 19.0 Å². The first kappa shape index (κ1) is 32.3. The molecule has 2 aromatic rings. The van der Waals surface area contributed by atoms with E-state index in [-0.39, 0.29) is 28.5 Å². The molecule has 2 aromatic heterocycles. The maximum Gasteiger partial charge on any atom is 0.246 e. The number of nitrogens with zero attached hydrogens (tertiary/aromatic N) is 4. The second-order valence-electron chi connectivity index (χ2n) is 13.4. The fourth-order valence-electron chi connectivity index (χ4n) is 3.79. The van der Waals surface area contributed by atoms with Crippen LogP contribution in [0.1, 0.15) is 67.5 Å². The van der Waals surface area contributed by atoms with E-state index in [0.717, 1.165) is 12.2 Å². The van der Waals surface area contributed by atoms with Gasteiger partial charge in [-0.25, -0.2) is 9.97 Å². The molecule has 1 aliphatic heterocycles. The Labute approximate surface area is 241 Å². The van der Waals surface area contributed by atoms with Crippen molar-refractivity contribution in [1.82, 2.24) is 19.5 Å². The summed E-state index contributed by atoms with van der Waals surface area (Å²) >= 11 is 1.62. The number of thioether (sulfide) groups is 1. The van der Waals surface area contributed by atoms with Crippen molar-refractivity contribution in [2.24, 2.45) is 0 Å². The molecule has 0 unspecified atom stereocenters. The minimum atomic E-state index is -2.05. The molecule has 0 amide bonds. The lowest BCUT2D eigenvalue weighted by molar-refractivity contribution is -0.0384. The predicted molar refractivity (Wildman–Crippen MR) is 166 cm³/mol. The van der Waals surface area contributed by atoms with Gasteiger partial charge in [0, 0.05) is 12.2 Å². The summed E-state index contributed by atoms with van der Waals surface area (Å²) in [5, 5.41) is 0.885. The second-order valence-corrected chi connectivity index (χ2v) is 24.1. The van der Waals surface area contributed by atoms with Crippen LogP contribution in [0.5, 0.6) is 5.88 Å². The number of hydrogen-bond acceptors (Lipinski definition) is 8. The van der Waals surface area contributed by atoms with E-state index < -0.39 is 16.6 Å². The third-order valence-corrected chi connectivity index (χ3v) is 18.4. The predicted octanol–water partition coefficient (Wildman–Crippen LogP) is 7.59. The average molecular weight is 595 g/mol. The van der Waals surface area contributed by atoms with Gasteiger partial charge in [0.2, 0.25) is 5.88 Å². The van der Waals surface area contributed by atoms with Gasteiger partial charge in [-0.05, 0) is 42.7 Å². The lowest BCUT2D eigenvalue weighted by Gasteiger charge is -2.40. The topological polar surface area (TPSA) is 80.5 Å². The number of rotatable bonds is 12. The van der Waals surface area contributed by atoms with Crippen LogP contribution >= 0.6 is 11.8 Å². The van der Waals surface area contributed by atoms with Crippen molar-refractivity contribution in [3.05, 3.63) is 19.0 Å². The van der Waals surface area contributed by atoms with Crippen LogP contribution in [0, 0.1) is 0 Å². The zero-order chi connectivity index (χ0) is 29.2. The molecular formula is C28H50N4O4SSi2. The van der Waals surface area contributed by atoms with E-state index in [0.29, 0.717) is 41.8 Å². The van der Waals surface area contributed by atoms with Crippen molar-refractivity contribution in [2.45, 2.75) is 121 Å². The highest BCUT2D eigenvalue weighted by molar-refractivity contribution is 7.99. The number of fused-ring (bicyclic) bond motifs is 1. The minimum Gasteiger partial charge on any atom is -0.472 e. The van der Waals surface area contributed by atoms with Crippen LogP contribution in [0.3, 0.4) is 0 Å². The normalized spacial score (nSPS) is 21.1. The largest absolute Gasteiger partial charge is 0.472 e. The van der Waals surface area contributed by atoms with Crippen LogP contribution in [-0.4, -0.2) is 67.3 Å². The van der Waals surface area contributed by atoms with Gasteiger partial charge in [-0.15, -0.1) is 0 Å². The van der Waals surface area contributed by atoms with Crippen molar-refractivity contribution in [1.29, 1.82) is 0 Å². The minimum absolute atomic E-state index is 0.0784. The third kappa shape index (κ3) is 7.54. The Hall–Kier alpha value is -1.25. The van der Waals surface area contributed by atoms with E-state index in [9.17, 15) is 0 Å². The van der Waals surface area contributed by atoms with Gasteiger partial charge < -0.3 is 18.3 Å². The van der Waals surface area contributed by atoms with Gasteiger partial charge in [0.25, 0.3) is 0 Å². The van der Waals surface area contributed by atoms with Gasteiger partial charge in [-0.1, -0.05) is 72.9 Å². The van der Waals surface area contributed by atoms with Crippen LogP contribution in [0.2, 0.25) is 36.3 Å². The molecule has 0 spiro atoms. The van der Waals surface area contributed by atoms with E-state index in [4.69, 9.17) is 23.3 Å². The lowest BCUT2D eigenvalue weighted by atomic mass is 10.2. The van der Waals surface area contributed by atoms with Gasteiger partial charge in [-0.2, -0.15) is 4.98 Å². The SMILES string of the molecule is C=CCOc1nc(SCCC)nc2c1ncn2[C@H]1C[C@H](O[Si](C)(C)C(C)(C)C)[C@@H](CO[Si](C)(C)C(C)(C)C)O1. The Bertz CT molecular complexity index is 1130. The van der Waals surface area contributed by atoms with Gasteiger partial charge >= 0.3 is 0 Å². The van der Waals surface area contributed by atoms with Crippen molar-refractivity contribution >= 4 is 39.6 Å². The van der Waals surface area contributed by atoms with Crippen molar-refractivity contribution in [2.75, 3.05) is 19.0 Å². The number of ether oxygens (including phenoxy) is 2. The van der Waals surface area contributed by atoms with Crippen LogP contribution in [0.25, 0.3) is 11.2 Å². The molecule has 3 rings (SSSR count). The summed E-state index contributed by atoms with van der Waals surface area (Å²) in [4.78, 5) is 14.2. The fraction of sp³-hybridized carbons (Fsp3) is 0.750. The van der Waals surface area contributed by atoms with E-state index in [1.165, 1.54) is 0 Å². The molecule has 1 saturated heterocycles. The number of imidazole rings is 1. The molecule has 0 aliphatic carbocycles. The first-order valence-corrected chi connectivity index (χ1v) is 20.9. The molecule has 1 fully saturated rings. The summed E-state index contributed by atoms with van der Waals surface area (Å²) < 4.78 is 28.2.